The van der Waals surface area contributed by atoms with Crippen LogP contribution < -0.4 is 16.0 Å². The fourth-order valence-electron chi connectivity index (χ4n) is 5.79. The molecule has 10 nitrogen and oxygen atoms in total. The van der Waals surface area contributed by atoms with E-state index in [0.29, 0.717) is 38.1 Å². The van der Waals surface area contributed by atoms with Crippen molar-refractivity contribution in [2.45, 2.75) is 77.2 Å². The lowest BCUT2D eigenvalue weighted by Crippen LogP contribution is -2.60. The molecule has 2 saturated heterocycles. The van der Waals surface area contributed by atoms with Gasteiger partial charge in [0.15, 0.2) is 0 Å². The molecular weight excluding hydrogens is 560 g/mol. The molecule has 3 aliphatic rings. The Morgan fingerprint density at radius 1 is 1.12 bits per heavy atom. The van der Waals surface area contributed by atoms with Crippen LogP contribution in [0.2, 0.25) is 0 Å². The number of halogens is 4. The first kappa shape index (κ1) is 31.8. The van der Waals surface area contributed by atoms with Crippen LogP contribution in [0.25, 0.3) is 0 Å². The van der Waals surface area contributed by atoms with E-state index in [4.69, 9.17) is 0 Å². The van der Waals surface area contributed by atoms with Gasteiger partial charge in [0.2, 0.25) is 32.7 Å². The molecule has 1 aliphatic carbocycles. The molecule has 0 aromatic heterocycles. The highest BCUT2D eigenvalue weighted by molar-refractivity contribution is 7.94. The molecule has 0 bridgehead atoms. The zero-order chi connectivity index (χ0) is 30.2. The third kappa shape index (κ3) is 7.32. The van der Waals surface area contributed by atoms with Crippen LogP contribution in [0.5, 0.6) is 0 Å². The fourth-order valence-corrected chi connectivity index (χ4v) is 6.20. The quantitative estimate of drug-likeness (QED) is 0.364. The Morgan fingerprint density at radius 3 is 2.30 bits per heavy atom. The van der Waals surface area contributed by atoms with Crippen molar-refractivity contribution >= 4 is 33.5 Å². The average molecular weight is 597 g/mol. The van der Waals surface area contributed by atoms with E-state index in [1.807, 2.05) is 0 Å². The van der Waals surface area contributed by atoms with E-state index in [9.17, 15) is 45.2 Å². The van der Waals surface area contributed by atoms with Crippen molar-refractivity contribution in [1.29, 1.82) is 0 Å². The molecule has 2 aliphatic heterocycles. The van der Waals surface area contributed by atoms with Crippen LogP contribution in [0.4, 0.5) is 17.6 Å². The average Bonchev–Trinajstić information content (AvgIpc) is 3.50. The third-order valence-electron chi connectivity index (χ3n) is 7.80. The van der Waals surface area contributed by atoms with E-state index in [1.54, 1.807) is 5.32 Å². The van der Waals surface area contributed by atoms with Crippen LogP contribution in [0.1, 0.15) is 52.9 Å². The van der Waals surface area contributed by atoms with E-state index in [0.717, 1.165) is 6.42 Å². The summed E-state index contributed by atoms with van der Waals surface area (Å²) in [6, 6.07) is -3.95. The van der Waals surface area contributed by atoms with E-state index < -0.39 is 68.4 Å². The Balaban J connectivity index is 1.91. The van der Waals surface area contributed by atoms with Gasteiger partial charge in [0.05, 0.1) is 6.04 Å². The summed E-state index contributed by atoms with van der Waals surface area (Å²) in [6.45, 7) is 4.91. The van der Waals surface area contributed by atoms with Crippen molar-refractivity contribution < 1.29 is 45.2 Å². The first-order valence-corrected chi connectivity index (χ1v) is 15.0. The van der Waals surface area contributed by atoms with E-state index in [2.05, 4.69) is 10.6 Å². The lowest BCUT2D eigenvalue weighted by atomic mass is 9.85. The maximum Gasteiger partial charge on any atom is 0.471 e. The number of fused-ring (bicyclic) bond motifs is 1. The molecule has 4 amide bonds. The summed E-state index contributed by atoms with van der Waals surface area (Å²) in [5, 5.41) is 5.50. The van der Waals surface area contributed by atoms with E-state index in [-0.39, 0.29) is 30.7 Å². The second kappa shape index (κ2) is 11.6. The summed E-state index contributed by atoms with van der Waals surface area (Å²) in [5.74, 6) is -5.25. The summed E-state index contributed by atoms with van der Waals surface area (Å²) < 4.78 is 77.1. The second-order valence-electron chi connectivity index (χ2n) is 11.9. The second-order valence-corrected chi connectivity index (χ2v) is 13.9. The number of sulfone groups is 1. The Bertz CT molecular complexity index is 1170. The summed E-state index contributed by atoms with van der Waals surface area (Å²) in [4.78, 5) is 52.4. The Hall–Kier alpha value is -2.71. The lowest BCUT2D eigenvalue weighted by molar-refractivity contribution is -0.176. The number of nitrogens with zero attached hydrogens (tertiary/aromatic N) is 1. The van der Waals surface area contributed by atoms with Crippen molar-refractivity contribution in [3.63, 3.8) is 0 Å². The molecule has 2 heterocycles. The van der Waals surface area contributed by atoms with Crippen molar-refractivity contribution in [1.82, 2.24) is 20.9 Å². The van der Waals surface area contributed by atoms with Crippen LogP contribution in [-0.4, -0.2) is 80.6 Å². The molecule has 226 valence electrons. The molecule has 0 spiro atoms. The number of amides is 4. The highest BCUT2D eigenvalue weighted by Crippen LogP contribution is 2.43. The van der Waals surface area contributed by atoms with Crippen LogP contribution in [0, 0.1) is 23.2 Å². The fraction of sp³-hybridized carbons (Fsp3) is 0.760. The summed E-state index contributed by atoms with van der Waals surface area (Å²) in [5.41, 5.74) is -1.14. The molecular formula is C25H36F4N4O6S. The topological polar surface area (TPSA) is 142 Å². The smallest absolute Gasteiger partial charge is 0.356 e. The number of carbonyl (C=O) groups is 4. The lowest BCUT2D eigenvalue weighted by Gasteiger charge is -2.36. The highest BCUT2D eigenvalue weighted by atomic mass is 32.2. The van der Waals surface area contributed by atoms with Crippen molar-refractivity contribution in [2.24, 2.45) is 23.2 Å². The predicted octanol–water partition coefficient (Wildman–Crippen LogP) is 1.57. The number of likely N-dealkylation sites (tertiary alicyclic amines) is 1. The van der Waals surface area contributed by atoms with Crippen LogP contribution in [0.15, 0.2) is 11.2 Å². The molecule has 0 radical (unpaired) electrons. The molecule has 40 heavy (non-hydrogen) atoms. The predicted molar refractivity (Wildman–Crippen MR) is 135 cm³/mol. The first-order valence-electron chi connectivity index (χ1n) is 13.1. The number of alkyl halides is 3. The Kier molecular flexibility index (Phi) is 9.26. The number of nitrogens with one attached hydrogen (secondary N) is 3. The van der Waals surface area contributed by atoms with Gasteiger partial charge in [0, 0.05) is 25.3 Å². The molecule has 0 aromatic carbocycles. The zero-order valence-corrected chi connectivity index (χ0v) is 23.6. The van der Waals surface area contributed by atoms with E-state index >= 15 is 0 Å². The van der Waals surface area contributed by atoms with Gasteiger partial charge in [-0.3, -0.25) is 19.2 Å². The Morgan fingerprint density at radius 2 is 1.77 bits per heavy atom. The molecule has 3 rings (SSSR count). The maximum atomic E-state index is 14.5. The molecule has 15 heteroatoms. The van der Waals surface area contributed by atoms with Gasteiger partial charge in [0.25, 0.3) is 0 Å². The maximum absolute atomic E-state index is 14.5. The van der Waals surface area contributed by atoms with Gasteiger partial charge in [-0.15, -0.1) is 0 Å². The van der Waals surface area contributed by atoms with Gasteiger partial charge in [-0.2, -0.15) is 17.6 Å². The number of hydrogen-bond acceptors (Lipinski definition) is 6. The summed E-state index contributed by atoms with van der Waals surface area (Å²) in [7, 11) is -4.24. The largest absolute Gasteiger partial charge is 0.471 e. The van der Waals surface area contributed by atoms with Crippen LogP contribution in [0.3, 0.4) is 0 Å². The molecule has 3 N–H and O–H groups in total. The zero-order valence-electron chi connectivity index (χ0n) is 22.8. The van der Waals surface area contributed by atoms with Crippen LogP contribution in [-0.2, 0) is 29.0 Å². The van der Waals surface area contributed by atoms with Gasteiger partial charge in [-0.05, 0) is 49.0 Å². The van der Waals surface area contributed by atoms with Gasteiger partial charge in [-0.25, -0.2) is 8.42 Å². The summed E-state index contributed by atoms with van der Waals surface area (Å²) >= 11 is 0. The van der Waals surface area contributed by atoms with Gasteiger partial charge in [0.1, 0.15) is 12.1 Å². The van der Waals surface area contributed by atoms with Crippen molar-refractivity contribution in [3.8, 4) is 0 Å². The third-order valence-corrected chi connectivity index (χ3v) is 8.65. The minimum absolute atomic E-state index is 0.0826. The Labute approximate surface area is 230 Å². The van der Waals surface area contributed by atoms with Crippen LogP contribution >= 0.6 is 0 Å². The van der Waals surface area contributed by atoms with E-state index in [1.165, 1.54) is 25.7 Å². The molecule has 6 atom stereocenters. The monoisotopic (exact) mass is 596 g/mol. The van der Waals surface area contributed by atoms with Crippen molar-refractivity contribution in [3.05, 3.63) is 11.2 Å². The van der Waals surface area contributed by atoms with Crippen molar-refractivity contribution in [2.75, 3.05) is 19.3 Å². The highest BCUT2D eigenvalue weighted by Gasteiger charge is 2.53. The summed E-state index contributed by atoms with van der Waals surface area (Å²) in [6.07, 6.45) is -1.55. The SMILES string of the molecule is CC(C)(C)[C@H](NC(=O)C(F)(F)F)C(=O)N1C[C@H]2CCC[C@H]2[C@H]1C(=O)N[C@@H](/C=C(/F)S(C)(=O)=O)C[C@H]1CCNC1=O. The number of carbonyl (C=O) groups excluding carboxylic acids is 4. The van der Waals surface area contributed by atoms with Gasteiger partial charge in [-0.1, -0.05) is 27.2 Å². The van der Waals surface area contributed by atoms with Gasteiger partial charge >= 0.3 is 12.1 Å². The number of hydrogen-bond donors (Lipinski definition) is 3. The standard InChI is InChI=1S/C25H36F4N4O6S/c1-24(2,3)19(32-23(37)25(27,28)29)22(36)33-12-14-6-5-7-16(14)18(33)21(35)31-15(11-17(26)40(4,38)39)10-13-8-9-30-20(13)34/h11,13-16,18-19H,5-10,12H2,1-4H3,(H,30,34)(H,31,35)(H,32,37)/b17-11-/t13-,14-,15-,16-,18+,19-/m1/s1. The molecule has 3 fully saturated rings. The minimum Gasteiger partial charge on any atom is -0.356 e. The normalized spacial score (nSPS) is 27.1. The molecule has 0 unspecified atom stereocenters. The minimum atomic E-state index is -5.22. The first-order chi connectivity index (χ1) is 18.3. The van der Waals surface area contributed by atoms with Gasteiger partial charge < -0.3 is 20.9 Å². The molecule has 0 aromatic rings. The number of rotatable bonds is 8. The molecule has 1 saturated carbocycles.